The summed E-state index contributed by atoms with van der Waals surface area (Å²) in [7, 11) is 1.80. The predicted molar refractivity (Wildman–Crippen MR) is 45.4 cm³/mol. The van der Waals surface area contributed by atoms with Gasteiger partial charge in [0.15, 0.2) is 6.04 Å². The van der Waals surface area contributed by atoms with E-state index in [0.717, 1.165) is 19.4 Å². The second-order valence-corrected chi connectivity index (χ2v) is 3.57. The Balaban J connectivity index is 2.83. The first-order chi connectivity index (χ1) is 5.65. The molecule has 12 heavy (non-hydrogen) atoms. The van der Waals surface area contributed by atoms with Gasteiger partial charge in [-0.15, -0.1) is 11.6 Å². The molecule has 0 aromatic rings. The van der Waals surface area contributed by atoms with E-state index in [1.165, 1.54) is 0 Å². The van der Waals surface area contributed by atoms with E-state index in [0.29, 0.717) is 0 Å². The molecule has 1 fully saturated rings. The number of quaternary nitrogens is 1. The fourth-order valence-corrected chi connectivity index (χ4v) is 1.95. The van der Waals surface area contributed by atoms with Gasteiger partial charge in [0.05, 0.1) is 13.6 Å². The van der Waals surface area contributed by atoms with Gasteiger partial charge in [0, 0.05) is 12.8 Å². The summed E-state index contributed by atoms with van der Waals surface area (Å²) < 4.78 is 0.208. The van der Waals surface area contributed by atoms with Crippen LogP contribution < -0.4 is 0 Å². The number of hydrogen-bond donors (Lipinski definition) is 0. The van der Waals surface area contributed by atoms with Crippen molar-refractivity contribution in [3.63, 3.8) is 0 Å². The van der Waals surface area contributed by atoms with E-state index < -0.39 is 0 Å². The van der Waals surface area contributed by atoms with Crippen molar-refractivity contribution in [1.29, 1.82) is 5.26 Å². The highest BCUT2D eigenvalue weighted by atomic mass is 35.5. The molecule has 0 aliphatic carbocycles. The molecule has 0 aromatic heterocycles. The second-order valence-electron chi connectivity index (χ2n) is 3.31. The summed E-state index contributed by atoms with van der Waals surface area (Å²) in [6.07, 6.45) is 1.76. The molecule has 1 amide bonds. The normalized spacial score (nSPS) is 34.6. The fourth-order valence-electron chi connectivity index (χ4n) is 1.68. The van der Waals surface area contributed by atoms with Crippen molar-refractivity contribution in [2.24, 2.45) is 0 Å². The van der Waals surface area contributed by atoms with Gasteiger partial charge >= 0.3 is 5.91 Å². The highest BCUT2D eigenvalue weighted by molar-refractivity contribution is 6.26. The van der Waals surface area contributed by atoms with Crippen LogP contribution in [0.25, 0.3) is 0 Å². The molecule has 1 rings (SSSR count). The maximum absolute atomic E-state index is 11.4. The summed E-state index contributed by atoms with van der Waals surface area (Å²) in [6, 6.07) is 1.98. The predicted octanol–water partition coefficient (Wildman–Crippen LogP) is 0.884. The molecular weight excluding hydrogens is 176 g/mol. The fraction of sp³-hybridized carbons (Fsp3) is 0.750. The molecule has 0 aromatic carbocycles. The molecule has 0 spiro atoms. The van der Waals surface area contributed by atoms with E-state index in [-0.39, 0.29) is 22.3 Å². The number of alkyl halides is 1. The van der Waals surface area contributed by atoms with Crippen LogP contribution in [0, 0.1) is 11.3 Å². The molecule has 2 unspecified atom stereocenters. The van der Waals surface area contributed by atoms with E-state index in [1.807, 2.05) is 0 Å². The van der Waals surface area contributed by atoms with Gasteiger partial charge in [-0.3, -0.25) is 0 Å². The van der Waals surface area contributed by atoms with Gasteiger partial charge in [-0.1, -0.05) is 0 Å². The lowest BCUT2D eigenvalue weighted by Gasteiger charge is -2.28. The quantitative estimate of drug-likeness (QED) is 0.452. The Kier molecular flexibility index (Phi) is 2.71. The number of carbonyl (C=O) groups excluding carboxylic acids is 1. The van der Waals surface area contributed by atoms with Crippen LogP contribution >= 0.6 is 11.6 Å². The first-order valence-corrected chi connectivity index (χ1v) is 4.53. The number of nitrogens with zero attached hydrogens (tertiary/aromatic N) is 2. The summed E-state index contributed by atoms with van der Waals surface area (Å²) in [6.45, 7) is 0.754. The lowest BCUT2D eigenvalue weighted by Crippen LogP contribution is -2.52. The monoisotopic (exact) mass is 187 g/mol. The number of hydrogen-bond acceptors (Lipinski definition) is 2. The smallest absolute Gasteiger partial charge is 0.248 e. The van der Waals surface area contributed by atoms with E-state index >= 15 is 0 Å². The summed E-state index contributed by atoms with van der Waals surface area (Å²) in [5, 5.41) is 8.79. The Labute approximate surface area is 77.1 Å². The maximum atomic E-state index is 11.4. The molecule has 0 saturated carbocycles. The maximum Gasteiger partial charge on any atom is 0.329 e. The Morgan fingerprint density at radius 2 is 2.50 bits per heavy atom. The largest absolute Gasteiger partial charge is 0.329 e. The summed E-state index contributed by atoms with van der Waals surface area (Å²) in [5.74, 6) is -0.0324. The highest BCUT2D eigenvalue weighted by Crippen LogP contribution is 2.24. The van der Waals surface area contributed by atoms with Gasteiger partial charge in [-0.05, 0) is 0 Å². The molecule has 1 aliphatic heterocycles. The minimum Gasteiger partial charge on any atom is -0.248 e. The number of nitriles is 1. The second kappa shape index (κ2) is 3.42. The third kappa shape index (κ3) is 1.33. The van der Waals surface area contributed by atoms with Gasteiger partial charge < -0.3 is 0 Å². The lowest BCUT2D eigenvalue weighted by molar-refractivity contribution is -0.837. The number of carbonyl (C=O) groups is 1. The Bertz CT molecular complexity index is 236. The molecule has 0 N–H and O–H groups in total. The molecule has 66 valence electrons. The van der Waals surface area contributed by atoms with Gasteiger partial charge in [-0.2, -0.15) is 5.26 Å². The van der Waals surface area contributed by atoms with Crippen LogP contribution in [0.2, 0.25) is 0 Å². The Hall–Kier alpha value is -0.590. The molecule has 0 radical (unpaired) electrons. The lowest BCUT2D eigenvalue weighted by atomic mass is 10.2. The van der Waals surface area contributed by atoms with Crippen molar-refractivity contribution < 1.29 is 9.28 Å². The average Bonchev–Trinajstić information content (AvgIpc) is 2.46. The number of amides is 1. The van der Waals surface area contributed by atoms with Gasteiger partial charge in [0.2, 0.25) is 0 Å². The topological polar surface area (TPSA) is 40.9 Å². The Morgan fingerprint density at radius 1 is 1.83 bits per heavy atom. The van der Waals surface area contributed by atoms with Gasteiger partial charge in [0.25, 0.3) is 0 Å². The van der Waals surface area contributed by atoms with Crippen LogP contribution in [0.3, 0.4) is 0 Å². The van der Waals surface area contributed by atoms with Crippen molar-refractivity contribution >= 4 is 17.5 Å². The minimum atomic E-state index is -0.184. The van der Waals surface area contributed by atoms with Crippen molar-refractivity contribution in [1.82, 2.24) is 0 Å². The molecule has 1 aliphatic rings. The molecular formula is C8H12ClN2O+. The Morgan fingerprint density at radius 3 is 3.00 bits per heavy atom. The summed E-state index contributed by atoms with van der Waals surface area (Å²) in [4.78, 5) is 11.4. The standard InChI is InChI=1S/C8H12ClN2O/c1-11(8(12)5-9)4-2-3-7(11)6-10/h7H,2-5H2,1H3/q+1. The zero-order chi connectivity index (χ0) is 9.19. The molecule has 1 saturated heterocycles. The zero-order valence-electron chi connectivity index (χ0n) is 7.09. The van der Waals surface area contributed by atoms with Crippen molar-refractivity contribution in [3.05, 3.63) is 0 Å². The molecule has 4 heteroatoms. The van der Waals surface area contributed by atoms with Crippen LogP contribution in [-0.4, -0.2) is 35.9 Å². The summed E-state index contributed by atoms with van der Waals surface area (Å²) in [5.41, 5.74) is 0. The van der Waals surface area contributed by atoms with Crippen molar-refractivity contribution in [2.45, 2.75) is 18.9 Å². The number of rotatable bonds is 1. The number of halogens is 1. The third-order valence-corrected chi connectivity index (χ3v) is 2.85. The molecule has 2 atom stereocenters. The van der Waals surface area contributed by atoms with Gasteiger partial charge in [0.1, 0.15) is 11.9 Å². The average molecular weight is 188 g/mol. The van der Waals surface area contributed by atoms with Crippen LogP contribution in [0.15, 0.2) is 0 Å². The van der Waals surface area contributed by atoms with E-state index in [4.69, 9.17) is 16.9 Å². The van der Waals surface area contributed by atoms with E-state index in [9.17, 15) is 4.79 Å². The number of likely N-dealkylation sites (tertiary alicyclic amines) is 1. The highest BCUT2D eigenvalue weighted by Gasteiger charge is 2.43. The van der Waals surface area contributed by atoms with Crippen molar-refractivity contribution in [3.8, 4) is 6.07 Å². The molecule has 0 bridgehead atoms. The zero-order valence-corrected chi connectivity index (χ0v) is 7.84. The van der Waals surface area contributed by atoms with E-state index in [1.54, 1.807) is 7.05 Å². The minimum absolute atomic E-state index is 0.00861. The molecule has 1 heterocycles. The van der Waals surface area contributed by atoms with Crippen LogP contribution in [0.5, 0.6) is 0 Å². The first-order valence-electron chi connectivity index (χ1n) is 3.99. The first kappa shape index (κ1) is 9.50. The van der Waals surface area contributed by atoms with Crippen LogP contribution in [0.1, 0.15) is 12.8 Å². The summed E-state index contributed by atoms with van der Waals surface area (Å²) >= 11 is 5.47. The van der Waals surface area contributed by atoms with E-state index in [2.05, 4.69) is 6.07 Å². The van der Waals surface area contributed by atoms with Gasteiger partial charge in [-0.25, -0.2) is 9.28 Å². The van der Waals surface area contributed by atoms with Crippen LogP contribution in [0.4, 0.5) is 0 Å². The van der Waals surface area contributed by atoms with Crippen molar-refractivity contribution in [2.75, 3.05) is 19.5 Å². The molecule has 3 nitrogen and oxygen atoms in total. The SMILES string of the molecule is C[N+]1(C(=O)CCl)CCCC1C#N. The third-order valence-electron chi connectivity index (χ3n) is 2.62. The van der Waals surface area contributed by atoms with Crippen LogP contribution in [-0.2, 0) is 4.79 Å².